The number of carbonyl (C=O) groups is 2. The molecule has 0 unspecified atom stereocenters. The fourth-order valence-corrected chi connectivity index (χ4v) is 2.78. The van der Waals surface area contributed by atoms with E-state index in [1.165, 1.54) is 18.3 Å². The summed E-state index contributed by atoms with van der Waals surface area (Å²) in [4.78, 5) is 29.5. The van der Waals surface area contributed by atoms with Gasteiger partial charge in [0.25, 0.3) is 5.91 Å². The first-order valence-electron chi connectivity index (χ1n) is 7.02. The standard InChI is InChI=1S/C15H19ClN2O3/c1-10-5-11(2)8-18(7-10)14(19)9-21-15(20)12-3-4-13(16)17-6-12/h3-4,6,10-11H,5,7-9H2,1-2H3/t10-,11-/m0/s1. The van der Waals surface area contributed by atoms with Crippen LogP contribution in [-0.2, 0) is 9.53 Å². The van der Waals surface area contributed by atoms with Crippen molar-refractivity contribution in [2.24, 2.45) is 11.8 Å². The van der Waals surface area contributed by atoms with E-state index in [1.807, 2.05) is 0 Å². The number of hydrogen-bond donors (Lipinski definition) is 0. The minimum Gasteiger partial charge on any atom is -0.452 e. The Morgan fingerprint density at radius 2 is 2.00 bits per heavy atom. The highest BCUT2D eigenvalue weighted by molar-refractivity contribution is 6.29. The van der Waals surface area contributed by atoms with E-state index in [-0.39, 0.29) is 18.1 Å². The number of carbonyl (C=O) groups excluding carboxylic acids is 2. The highest BCUT2D eigenvalue weighted by atomic mass is 35.5. The SMILES string of the molecule is C[C@H]1C[C@H](C)CN(C(=O)COC(=O)c2ccc(Cl)nc2)C1. The van der Waals surface area contributed by atoms with E-state index in [9.17, 15) is 9.59 Å². The number of pyridine rings is 1. The van der Waals surface area contributed by atoms with Crippen molar-refractivity contribution in [1.82, 2.24) is 9.88 Å². The molecule has 1 aromatic heterocycles. The highest BCUT2D eigenvalue weighted by Crippen LogP contribution is 2.20. The molecule has 1 saturated heterocycles. The predicted octanol–water partition coefficient (Wildman–Crippen LogP) is 2.40. The Labute approximate surface area is 129 Å². The molecule has 1 fully saturated rings. The third-order valence-corrected chi connectivity index (χ3v) is 3.73. The van der Waals surface area contributed by atoms with Gasteiger partial charge in [0.1, 0.15) is 5.15 Å². The van der Waals surface area contributed by atoms with Crippen LogP contribution in [0.25, 0.3) is 0 Å². The molecule has 0 bridgehead atoms. The molecule has 1 aromatic rings. The summed E-state index contributed by atoms with van der Waals surface area (Å²) in [6, 6.07) is 3.03. The summed E-state index contributed by atoms with van der Waals surface area (Å²) >= 11 is 5.65. The van der Waals surface area contributed by atoms with Gasteiger partial charge in [0.15, 0.2) is 6.61 Å². The molecule has 0 N–H and O–H groups in total. The second-order valence-corrected chi connectivity index (χ2v) is 6.08. The first-order valence-corrected chi connectivity index (χ1v) is 7.40. The second kappa shape index (κ2) is 6.89. The lowest BCUT2D eigenvalue weighted by molar-refractivity contribution is -0.137. The van der Waals surface area contributed by atoms with Gasteiger partial charge in [-0.3, -0.25) is 4.79 Å². The van der Waals surface area contributed by atoms with Gasteiger partial charge >= 0.3 is 5.97 Å². The van der Waals surface area contributed by atoms with E-state index < -0.39 is 5.97 Å². The van der Waals surface area contributed by atoms with Gasteiger partial charge in [-0.2, -0.15) is 0 Å². The van der Waals surface area contributed by atoms with Gasteiger partial charge in [-0.25, -0.2) is 9.78 Å². The minimum atomic E-state index is -0.564. The van der Waals surface area contributed by atoms with Gasteiger partial charge in [0.2, 0.25) is 0 Å². The van der Waals surface area contributed by atoms with Crippen molar-refractivity contribution in [3.8, 4) is 0 Å². The highest BCUT2D eigenvalue weighted by Gasteiger charge is 2.26. The molecule has 2 atom stereocenters. The normalized spacial score (nSPS) is 22.0. The van der Waals surface area contributed by atoms with Gasteiger partial charge < -0.3 is 9.64 Å². The number of hydrogen-bond acceptors (Lipinski definition) is 4. The van der Waals surface area contributed by atoms with E-state index in [2.05, 4.69) is 18.8 Å². The molecule has 21 heavy (non-hydrogen) atoms. The topological polar surface area (TPSA) is 59.5 Å². The maximum absolute atomic E-state index is 12.1. The number of ether oxygens (including phenoxy) is 1. The number of aromatic nitrogens is 1. The van der Waals surface area contributed by atoms with Crippen molar-refractivity contribution in [1.29, 1.82) is 0 Å². The summed E-state index contributed by atoms with van der Waals surface area (Å²) in [5, 5.41) is 0.305. The zero-order valence-corrected chi connectivity index (χ0v) is 13.0. The first kappa shape index (κ1) is 15.8. The van der Waals surface area contributed by atoms with Crippen molar-refractivity contribution in [2.45, 2.75) is 20.3 Å². The molecule has 0 spiro atoms. The summed E-state index contributed by atoms with van der Waals surface area (Å²) < 4.78 is 5.04. The summed E-state index contributed by atoms with van der Waals surface area (Å²) in [6.07, 6.45) is 2.46. The Bertz CT molecular complexity index is 508. The minimum absolute atomic E-state index is 0.149. The first-order chi connectivity index (χ1) is 9.95. The van der Waals surface area contributed by atoms with E-state index in [0.717, 1.165) is 19.5 Å². The summed E-state index contributed by atoms with van der Waals surface area (Å²) in [5.74, 6) is 0.247. The second-order valence-electron chi connectivity index (χ2n) is 5.69. The Balaban J connectivity index is 1.86. The van der Waals surface area contributed by atoms with Crippen molar-refractivity contribution >= 4 is 23.5 Å². The monoisotopic (exact) mass is 310 g/mol. The molecule has 6 heteroatoms. The van der Waals surface area contributed by atoms with Crippen LogP contribution in [0.5, 0.6) is 0 Å². The Hall–Kier alpha value is -1.62. The molecule has 0 aliphatic carbocycles. The predicted molar refractivity (Wildman–Crippen MR) is 79.1 cm³/mol. The Morgan fingerprint density at radius 1 is 1.33 bits per heavy atom. The summed E-state index contributed by atoms with van der Waals surface area (Å²) in [6.45, 7) is 5.47. The molecular formula is C15H19ClN2O3. The van der Waals surface area contributed by atoms with Gasteiger partial charge in [-0.1, -0.05) is 25.4 Å². The van der Waals surface area contributed by atoms with Crippen LogP contribution < -0.4 is 0 Å². The van der Waals surface area contributed by atoms with E-state index in [1.54, 1.807) is 4.90 Å². The zero-order chi connectivity index (χ0) is 15.4. The Morgan fingerprint density at radius 3 is 2.57 bits per heavy atom. The molecule has 0 aromatic carbocycles. The Kier molecular flexibility index (Phi) is 5.17. The molecule has 0 radical (unpaired) electrons. The quantitative estimate of drug-likeness (QED) is 0.635. The van der Waals surface area contributed by atoms with Crippen LogP contribution in [0.3, 0.4) is 0 Å². The third kappa shape index (κ3) is 4.43. The van der Waals surface area contributed by atoms with Crippen LogP contribution in [-0.4, -0.2) is 41.5 Å². The van der Waals surface area contributed by atoms with Gasteiger partial charge in [-0.05, 0) is 30.4 Å². The molecule has 2 heterocycles. The van der Waals surface area contributed by atoms with Crippen LogP contribution in [0.2, 0.25) is 5.15 Å². The molecule has 114 valence electrons. The number of piperidine rings is 1. The lowest BCUT2D eigenvalue weighted by atomic mass is 9.92. The van der Waals surface area contributed by atoms with Crippen LogP contribution in [0.15, 0.2) is 18.3 Å². The number of nitrogens with zero attached hydrogens (tertiary/aromatic N) is 2. The largest absolute Gasteiger partial charge is 0.452 e. The molecule has 5 nitrogen and oxygen atoms in total. The van der Waals surface area contributed by atoms with E-state index in [4.69, 9.17) is 16.3 Å². The van der Waals surface area contributed by atoms with Crippen molar-refractivity contribution in [2.75, 3.05) is 19.7 Å². The zero-order valence-electron chi connectivity index (χ0n) is 12.2. The summed E-state index contributed by atoms with van der Waals surface area (Å²) in [7, 11) is 0. The van der Waals surface area contributed by atoms with Gasteiger partial charge in [0.05, 0.1) is 5.56 Å². The number of rotatable bonds is 3. The third-order valence-electron chi connectivity index (χ3n) is 3.51. The molecule has 1 aliphatic heterocycles. The molecule has 0 saturated carbocycles. The van der Waals surface area contributed by atoms with E-state index >= 15 is 0 Å². The lowest BCUT2D eigenvalue weighted by Crippen LogP contribution is -2.44. The maximum atomic E-state index is 12.1. The maximum Gasteiger partial charge on any atom is 0.340 e. The molecule has 2 rings (SSSR count). The lowest BCUT2D eigenvalue weighted by Gasteiger charge is -2.34. The number of halogens is 1. The average Bonchev–Trinajstić information content (AvgIpc) is 2.44. The summed E-state index contributed by atoms with van der Waals surface area (Å²) in [5.41, 5.74) is 0.285. The van der Waals surface area contributed by atoms with Crippen LogP contribution in [0.1, 0.15) is 30.6 Å². The number of esters is 1. The molecule has 1 amide bonds. The van der Waals surface area contributed by atoms with Crippen LogP contribution >= 0.6 is 11.6 Å². The average molecular weight is 311 g/mol. The smallest absolute Gasteiger partial charge is 0.340 e. The molecular weight excluding hydrogens is 292 g/mol. The fourth-order valence-electron chi connectivity index (χ4n) is 2.67. The molecule has 1 aliphatic rings. The number of likely N-dealkylation sites (tertiary alicyclic amines) is 1. The van der Waals surface area contributed by atoms with Gasteiger partial charge in [0, 0.05) is 19.3 Å². The van der Waals surface area contributed by atoms with E-state index in [0.29, 0.717) is 17.0 Å². The number of amides is 1. The van der Waals surface area contributed by atoms with Crippen molar-refractivity contribution in [3.63, 3.8) is 0 Å². The van der Waals surface area contributed by atoms with Crippen LogP contribution in [0.4, 0.5) is 0 Å². The van der Waals surface area contributed by atoms with Crippen molar-refractivity contribution < 1.29 is 14.3 Å². The fraction of sp³-hybridized carbons (Fsp3) is 0.533. The van der Waals surface area contributed by atoms with Crippen molar-refractivity contribution in [3.05, 3.63) is 29.0 Å². The van der Waals surface area contributed by atoms with Crippen LogP contribution in [0, 0.1) is 11.8 Å². The van der Waals surface area contributed by atoms with Gasteiger partial charge in [-0.15, -0.1) is 0 Å².